The number of amidine groups is 1. The molecule has 0 N–H and O–H groups in total. The molecule has 0 radical (unpaired) electrons. The van der Waals surface area contributed by atoms with Gasteiger partial charge in [0.15, 0.2) is 5.84 Å². The van der Waals surface area contributed by atoms with Crippen LogP contribution in [0, 0.1) is 0 Å². The van der Waals surface area contributed by atoms with Crippen molar-refractivity contribution in [3.63, 3.8) is 0 Å². The molecule has 1 unspecified atom stereocenters. The van der Waals surface area contributed by atoms with Gasteiger partial charge in [-0.25, -0.2) is 4.99 Å². The van der Waals surface area contributed by atoms with Gasteiger partial charge in [0.25, 0.3) is 0 Å². The highest BCUT2D eigenvalue weighted by atomic mass is 16.3. The van der Waals surface area contributed by atoms with E-state index in [0.717, 1.165) is 113 Å². The Morgan fingerprint density at radius 2 is 1.09 bits per heavy atom. The summed E-state index contributed by atoms with van der Waals surface area (Å²) in [6.07, 6.45) is 2.56. The Morgan fingerprint density at radius 1 is 0.446 bits per heavy atom. The minimum Gasteiger partial charge on any atom is -0.456 e. The second-order valence-electron chi connectivity index (χ2n) is 17.5. The van der Waals surface area contributed by atoms with Crippen LogP contribution < -0.4 is 0 Å². The molecule has 5 nitrogen and oxygen atoms in total. The Kier molecular flexibility index (Phi) is 7.87. The maximum Gasteiger partial charge on any atom is 0.158 e. The van der Waals surface area contributed by atoms with Crippen molar-refractivity contribution in [2.75, 3.05) is 0 Å². The molecule has 4 heterocycles. The summed E-state index contributed by atoms with van der Waals surface area (Å²) in [5.74, 6) is 0.693. The second kappa shape index (κ2) is 14.1. The zero-order valence-electron chi connectivity index (χ0n) is 35.3. The molecule has 0 saturated heterocycles. The van der Waals surface area contributed by atoms with E-state index in [4.69, 9.17) is 18.8 Å². The fourth-order valence-electron chi connectivity index (χ4n) is 10.7. The first-order valence-electron chi connectivity index (χ1n) is 22.6. The molecule has 14 rings (SSSR count). The van der Waals surface area contributed by atoms with Gasteiger partial charge in [0.05, 0.1) is 34.0 Å². The van der Waals surface area contributed by atoms with E-state index in [1.807, 2.05) is 12.1 Å². The van der Waals surface area contributed by atoms with Crippen LogP contribution in [0.5, 0.6) is 0 Å². The molecule has 0 amide bonds. The zero-order valence-corrected chi connectivity index (χ0v) is 35.3. The third kappa shape index (κ3) is 5.65. The molecule has 0 bridgehead atoms. The summed E-state index contributed by atoms with van der Waals surface area (Å²) in [7, 11) is 0. The monoisotopic (exact) mass is 833 g/mol. The molecule has 1 aliphatic heterocycles. The fraction of sp³-hybridized carbons (Fsp3) is 0.0667. The molecule has 13 aromatic rings. The van der Waals surface area contributed by atoms with Crippen molar-refractivity contribution in [1.29, 1.82) is 0 Å². The van der Waals surface area contributed by atoms with Crippen molar-refractivity contribution in [2.24, 2.45) is 9.98 Å². The lowest BCUT2D eigenvalue weighted by Crippen LogP contribution is -2.15. The molecule has 65 heavy (non-hydrogen) atoms. The van der Waals surface area contributed by atoms with Gasteiger partial charge in [0.2, 0.25) is 0 Å². The highest BCUT2D eigenvalue weighted by Crippen LogP contribution is 2.43. The van der Waals surface area contributed by atoms with Gasteiger partial charge in [-0.15, -0.1) is 0 Å². The number of aromatic nitrogens is 1. The first-order chi connectivity index (χ1) is 32.2. The van der Waals surface area contributed by atoms with Crippen molar-refractivity contribution >= 4 is 110 Å². The number of benzene rings is 10. The van der Waals surface area contributed by atoms with Gasteiger partial charge in [-0.2, -0.15) is 0 Å². The maximum absolute atomic E-state index is 6.89. The minimum absolute atomic E-state index is 0.176. The zero-order chi connectivity index (χ0) is 42.6. The predicted octanol–water partition coefficient (Wildman–Crippen LogP) is 16.2. The number of rotatable bonds is 4. The summed E-state index contributed by atoms with van der Waals surface area (Å²) < 4.78 is 15.7. The number of furan rings is 2. The quantitative estimate of drug-likeness (QED) is 0.177. The Bertz CT molecular complexity index is 4180. The molecule has 0 aliphatic carbocycles. The van der Waals surface area contributed by atoms with Crippen LogP contribution in [0.3, 0.4) is 0 Å². The number of hydrogen-bond donors (Lipinski definition) is 0. The smallest absolute Gasteiger partial charge is 0.158 e. The molecular formula is C60H39N3O2. The molecule has 0 fully saturated rings. The van der Waals surface area contributed by atoms with Crippen molar-refractivity contribution in [2.45, 2.75) is 25.3 Å². The second-order valence-corrected chi connectivity index (χ2v) is 17.5. The van der Waals surface area contributed by atoms with Gasteiger partial charge in [-0.1, -0.05) is 133 Å². The van der Waals surface area contributed by atoms with Gasteiger partial charge in [0.1, 0.15) is 22.3 Å². The highest BCUT2D eigenvalue weighted by molar-refractivity contribution is 6.26. The molecule has 0 spiro atoms. The first kappa shape index (κ1) is 36.2. The standard InChI is InChI=1S/C60H39N3O2/c1-3-16-39-34-53-46(31-37(39)14-1)44-20-7-9-25-51(44)63(53)52-28-30-56-58(48-32-38-15-2-4-17-40(38)35-57(48)65-56)59(52)60-61-49(41-27-29-55-47(33-41)45-21-8-10-26-54(45)64-55)23-12-24-50(62-60)43-22-11-18-36-13-5-6-19-42(36)43/h1-11,13-22,25-35,49H,12,23-24H2. The van der Waals surface area contributed by atoms with E-state index in [-0.39, 0.29) is 6.04 Å². The van der Waals surface area contributed by atoms with E-state index in [9.17, 15) is 0 Å². The van der Waals surface area contributed by atoms with E-state index in [2.05, 4.69) is 187 Å². The number of para-hydroxylation sites is 2. The topological polar surface area (TPSA) is 55.9 Å². The molecule has 0 saturated carbocycles. The molecule has 3 aromatic heterocycles. The van der Waals surface area contributed by atoms with Gasteiger partial charge < -0.3 is 13.4 Å². The Balaban J connectivity index is 1.12. The summed E-state index contributed by atoms with van der Waals surface area (Å²) in [4.78, 5) is 11.8. The van der Waals surface area contributed by atoms with E-state index in [1.165, 1.54) is 32.3 Å². The van der Waals surface area contributed by atoms with Gasteiger partial charge >= 0.3 is 0 Å². The average Bonchev–Trinajstić information content (AvgIpc) is 4.01. The number of aliphatic imine (C=N–C) groups is 2. The van der Waals surface area contributed by atoms with Crippen molar-refractivity contribution < 1.29 is 8.83 Å². The molecule has 5 heteroatoms. The Labute approximate surface area is 373 Å². The number of hydrogen-bond acceptors (Lipinski definition) is 4. The van der Waals surface area contributed by atoms with Crippen LogP contribution in [-0.2, 0) is 0 Å². The normalized spacial score (nSPS) is 14.9. The van der Waals surface area contributed by atoms with Crippen molar-refractivity contribution in [3.05, 3.63) is 211 Å². The predicted molar refractivity (Wildman–Crippen MR) is 270 cm³/mol. The Morgan fingerprint density at radius 3 is 1.94 bits per heavy atom. The number of fused-ring (bicyclic) bond motifs is 12. The lowest BCUT2D eigenvalue weighted by atomic mass is 9.93. The average molecular weight is 834 g/mol. The van der Waals surface area contributed by atoms with Crippen molar-refractivity contribution in [1.82, 2.24) is 4.57 Å². The van der Waals surface area contributed by atoms with E-state index < -0.39 is 0 Å². The van der Waals surface area contributed by atoms with Crippen LogP contribution >= 0.6 is 0 Å². The summed E-state index contributed by atoms with van der Waals surface area (Å²) in [6.45, 7) is 0. The highest BCUT2D eigenvalue weighted by Gasteiger charge is 2.27. The van der Waals surface area contributed by atoms with Crippen LogP contribution in [0.4, 0.5) is 0 Å². The van der Waals surface area contributed by atoms with Crippen LogP contribution in [0.15, 0.2) is 213 Å². The molecule has 1 atom stereocenters. The van der Waals surface area contributed by atoms with Gasteiger partial charge in [-0.3, -0.25) is 4.99 Å². The Hall–Kier alpha value is -8.28. The van der Waals surface area contributed by atoms with Crippen LogP contribution in [0.1, 0.15) is 42.0 Å². The van der Waals surface area contributed by atoms with Crippen LogP contribution in [0.25, 0.3) is 104 Å². The van der Waals surface area contributed by atoms with E-state index in [0.29, 0.717) is 5.84 Å². The van der Waals surface area contributed by atoms with Crippen molar-refractivity contribution in [3.8, 4) is 5.69 Å². The van der Waals surface area contributed by atoms with E-state index >= 15 is 0 Å². The lowest BCUT2D eigenvalue weighted by molar-refractivity contribution is 0.622. The van der Waals surface area contributed by atoms with E-state index in [1.54, 1.807) is 0 Å². The molecular weight excluding hydrogens is 795 g/mol. The lowest BCUT2D eigenvalue weighted by Gasteiger charge is -2.22. The third-order valence-corrected chi connectivity index (χ3v) is 13.8. The summed E-state index contributed by atoms with van der Waals surface area (Å²) in [6, 6.07) is 69.5. The first-order valence-corrected chi connectivity index (χ1v) is 22.6. The largest absolute Gasteiger partial charge is 0.456 e. The molecule has 1 aliphatic rings. The van der Waals surface area contributed by atoms with Gasteiger partial charge in [-0.05, 0) is 118 Å². The maximum atomic E-state index is 6.89. The summed E-state index contributed by atoms with van der Waals surface area (Å²) in [5.41, 5.74) is 10.9. The molecule has 10 aromatic carbocycles. The van der Waals surface area contributed by atoms with Crippen LogP contribution in [0.2, 0.25) is 0 Å². The number of nitrogens with zero attached hydrogens (tertiary/aromatic N) is 3. The SMILES string of the molecule is c1ccc2cc3c(cc2c1)oc1ccc(-n2c4ccccc4c4cc5ccccc5cc42)c(C2=NC(c4ccc5oc6ccccc6c5c4)CCCC(c4cccc5ccccc45)=N2)c13. The summed E-state index contributed by atoms with van der Waals surface area (Å²) >= 11 is 0. The molecule has 306 valence electrons. The third-order valence-electron chi connectivity index (χ3n) is 13.8. The fourth-order valence-corrected chi connectivity index (χ4v) is 10.7. The minimum atomic E-state index is -0.176. The van der Waals surface area contributed by atoms with Gasteiger partial charge in [0, 0.05) is 37.9 Å². The summed E-state index contributed by atoms with van der Waals surface area (Å²) in [5, 5.41) is 13.7. The van der Waals surface area contributed by atoms with Crippen LogP contribution in [-0.4, -0.2) is 16.1 Å².